The molecule has 0 bridgehead atoms. The zero-order chi connectivity index (χ0) is 14.3. The SMILES string of the molecule is C=C(CC)NC(=O)OC(C)(C)C.CN1CC(=O)C1. The highest BCUT2D eigenvalue weighted by Crippen LogP contribution is 2.07. The molecule has 1 amide bonds. The van der Waals surface area contributed by atoms with Crippen molar-refractivity contribution < 1.29 is 14.3 Å². The van der Waals surface area contributed by atoms with Crippen molar-refractivity contribution in [2.24, 2.45) is 0 Å². The van der Waals surface area contributed by atoms with Gasteiger partial charge in [-0.05, 0) is 34.2 Å². The van der Waals surface area contributed by atoms with E-state index >= 15 is 0 Å². The molecule has 0 aromatic carbocycles. The highest BCUT2D eigenvalue weighted by Gasteiger charge is 2.17. The normalized spacial score (nSPS) is 15.1. The fourth-order valence-electron chi connectivity index (χ4n) is 1.09. The summed E-state index contributed by atoms with van der Waals surface area (Å²) in [6.45, 7) is 12.3. The molecule has 1 N–H and O–H groups in total. The molecule has 5 heteroatoms. The van der Waals surface area contributed by atoms with Crippen LogP contribution in [-0.2, 0) is 9.53 Å². The Labute approximate surface area is 109 Å². The zero-order valence-corrected chi connectivity index (χ0v) is 12.0. The summed E-state index contributed by atoms with van der Waals surface area (Å²) in [7, 11) is 1.93. The number of allylic oxidation sites excluding steroid dienone is 1. The van der Waals surface area contributed by atoms with Gasteiger partial charge in [-0.3, -0.25) is 15.0 Å². The van der Waals surface area contributed by atoms with Crippen molar-refractivity contribution >= 4 is 11.9 Å². The Morgan fingerprint density at radius 2 is 1.94 bits per heavy atom. The minimum absolute atomic E-state index is 0.359. The van der Waals surface area contributed by atoms with Crippen LogP contribution in [0.1, 0.15) is 34.1 Å². The van der Waals surface area contributed by atoms with Crippen LogP contribution in [0.5, 0.6) is 0 Å². The summed E-state index contributed by atoms with van der Waals surface area (Å²) < 4.78 is 5.00. The van der Waals surface area contributed by atoms with E-state index in [9.17, 15) is 9.59 Å². The van der Waals surface area contributed by atoms with Gasteiger partial charge in [0.05, 0.1) is 13.1 Å². The molecule has 0 aromatic rings. The van der Waals surface area contributed by atoms with Gasteiger partial charge in [0.25, 0.3) is 0 Å². The number of hydrogen-bond donors (Lipinski definition) is 1. The number of likely N-dealkylation sites (N-methyl/N-ethyl adjacent to an activating group) is 1. The Bertz CT molecular complexity index is 311. The summed E-state index contributed by atoms with van der Waals surface area (Å²) in [6.07, 6.45) is 0.286. The van der Waals surface area contributed by atoms with Gasteiger partial charge >= 0.3 is 6.09 Å². The number of rotatable bonds is 2. The average Bonchev–Trinajstić information content (AvgIpc) is 2.13. The first-order valence-electron chi connectivity index (χ1n) is 6.02. The first-order valence-corrected chi connectivity index (χ1v) is 6.02. The Morgan fingerprint density at radius 3 is 2.17 bits per heavy atom. The van der Waals surface area contributed by atoms with Crippen LogP contribution in [0.2, 0.25) is 0 Å². The molecule has 1 heterocycles. The number of likely N-dealkylation sites (tertiary alicyclic amines) is 1. The van der Waals surface area contributed by atoms with Gasteiger partial charge in [0, 0.05) is 5.70 Å². The third-order valence-electron chi connectivity index (χ3n) is 2.00. The largest absolute Gasteiger partial charge is 0.444 e. The van der Waals surface area contributed by atoms with Crippen LogP contribution in [0.25, 0.3) is 0 Å². The Hall–Kier alpha value is -1.36. The number of nitrogens with zero attached hydrogens (tertiary/aromatic N) is 1. The molecule has 1 rings (SSSR count). The quantitative estimate of drug-likeness (QED) is 0.820. The van der Waals surface area contributed by atoms with Gasteiger partial charge < -0.3 is 4.74 Å². The number of carbonyl (C=O) groups excluding carboxylic acids is 2. The van der Waals surface area contributed by atoms with E-state index in [2.05, 4.69) is 11.9 Å². The van der Waals surface area contributed by atoms with Gasteiger partial charge in [-0.2, -0.15) is 0 Å². The molecule has 0 aliphatic carbocycles. The lowest BCUT2D eigenvalue weighted by molar-refractivity contribution is -0.127. The Kier molecular flexibility index (Phi) is 6.62. The van der Waals surface area contributed by atoms with E-state index in [1.807, 2.05) is 39.6 Å². The molecule has 1 aliphatic rings. The van der Waals surface area contributed by atoms with Crippen molar-refractivity contribution in [3.8, 4) is 0 Å². The van der Waals surface area contributed by atoms with Gasteiger partial charge in [0.1, 0.15) is 5.60 Å². The van der Waals surface area contributed by atoms with Crippen molar-refractivity contribution in [3.63, 3.8) is 0 Å². The predicted molar refractivity (Wildman–Crippen MR) is 71.3 cm³/mol. The standard InChI is InChI=1S/C9H17NO2.C4H7NO/c1-6-7(2)10-8(11)12-9(3,4)5;1-5-2-4(6)3-5/h2,6H2,1,3-5H3,(H,10,11);2-3H2,1H3. The molecule has 104 valence electrons. The van der Waals surface area contributed by atoms with E-state index in [4.69, 9.17) is 4.74 Å². The lowest BCUT2D eigenvalue weighted by atomic mass is 10.2. The van der Waals surface area contributed by atoms with Crippen molar-refractivity contribution in [1.82, 2.24) is 10.2 Å². The molecule has 5 nitrogen and oxygen atoms in total. The van der Waals surface area contributed by atoms with Gasteiger partial charge in [-0.1, -0.05) is 13.5 Å². The third-order valence-corrected chi connectivity index (χ3v) is 2.00. The second kappa shape index (κ2) is 7.16. The van der Waals surface area contributed by atoms with Gasteiger partial charge in [-0.15, -0.1) is 0 Å². The summed E-state index contributed by atoms with van der Waals surface area (Å²) in [5.74, 6) is 0.359. The van der Waals surface area contributed by atoms with E-state index in [1.165, 1.54) is 0 Å². The number of carbonyl (C=O) groups is 2. The van der Waals surface area contributed by atoms with Gasteiger partial charge in [-0.25, -0.2) is 4.79 Å². The summed E-state index contributed by atoms with van der Waals surface area (Å²) in [4.78, 5) is 23.1. The van der Waals surface area contributed by atoms with Crippen molar-refractivity contribution in [3.05, 3.63) is 12.3 Å². The molecule has 0 radical (unpaired) electrons. The molecule has 0 saturated carbocycles. The monoisotopic (exact) mass is 256 g/mol. The second-order valence-corrected chi connectivity index (χ2v) is 5.29. The maximum absolute atomic E-state index is 11.0. The third kappa shape index (κ3) is 8.75. The lowest BCUT2D eigenvalue weighted by Crippen LogP contribution is -2.43. The zero-order valence-electron chi connectivity index (χ0n) is 12.0. The van der Waals surface area contributed by atoms with Crippen molar-refractivity contribution in [2.45, 2.75) is 39.7 Å². The minimum Gasteiger partial charge on any atom is -0.444 e. The molecule has 1 aliphatic heterocycles. The summed E-state index contributed by atoms with van der Waals surface area (Å²) in [5, 5.41) is 2.53. The van der Waals surface area contributed by atoms with Crippen LogP contribution in [0.4, 0.5) is 4.79 Å². The Morgan fingerprint density at radius 1 is 1.44 bits per heavy atom. The highest BCUT2D eigenvalue weighted by atomic mass is 16.6. The molecule has 1 fully saturated rings. The van der Waals surface area contributed by atoms with Crippen LogP contribution >= 0.6 is 0 Å². The second-order valence-electron chi connectivity index (χ2n) is 5.29. The molecule has 0 atom stereocenters. The number of ether oxygens (including phenoxy) is 1. The summed E-state index contributed by atoms with van der Waals surface area (Å²) in [6, 6.07) is 0. The molecule has 0 unspecified atom stereocenters. The number of ketones is 1. The smallest absolute Gasteiger partial charge is 0.411 e. The minimum atomic E-state index is -0.446. The van der Waals surface area contributed by atoms with Crippen LogP contribution in [0.3, 0.4) is 0 Å². The lowest BCUT2D eigenvalue weighted by Gasteiger charge is -2.23. The fourth-order valence-corrected chi connectivity index (χ4v) is 1.09. The summed E-state index contributed by atoms with van der Waals surface area (Å²) in [5.41, 5.74) is 0.224. The molecule has 0 aromatic heterocycles. The molecule has 0 spiro atoms. The molecular formula is C13H24N2O3. The van der Waals surface area contributed by atoms with E-state index in [-0.39, 0.29) is 0 Å². The van der Waals surface area contributed by atoms with E-state index < -0.39 is 11.7 Å². The topological polar surface area (TPSA) is 58.6 Å². The maximum Gasteiger partial charge on any atom is 0.411 e. The van der Waals surface area contributed by atoms with E-state index in [0.717, 1.165) is 6.42 Å². The Balaban J connectivity index is 0.000000397. The average molecular weight is 256 g/mol. The number of alkyl carbamates (subject to hydrolysis) is 1. The van der Waals surface area contributed by atoms with E-state index in [1.54, 1.807) is 0 Å². The van der Waals surface area contributed by atoms with Crippen LogP contribution in [0.15, 0.2) is 12.3 Å². The fraction of sp³-hybridized carbons (Fsp3) is 0.692. The maximum atomic E-state index is 11.0. The number of Topliss-reactive ketones (excluding diaryl/α,β-unsaturated/α-hetero) is 1. The molecule has 1 saturated heterocycles. The summed E-state index contributed by atoms with van der Waals surface area (Å²) >= 11 is 0. The van der Waals surface area contributed by atoms with Crippen LogP contribution < -0.4 is 5.32 Å². The highest BCUT2D eigenvalue weighted by molar-refractivity contribution is 5.87. The van der Waals surface area contributed by atoms with Gasteiger partial charge in [0.15, 0.2) is 5.78 Å². The predicted octanol–water partition coefficient (Wildman–Crippen LogP) is 1.94. The first kappa shape index (κ1) is 16.6. The molecular weight excluding hydrogens is 232 g/mol. The van der Waals surface area contributed by atoms with Gasteiger partial charge in [0.2, 0.25) is 0 Å². The van der Waals surface area contributed by atoms with E-state index in [0.29, 0.717) is 24.6 Å². The van der Waals surface area contributed by atoms with Crippen molar-refractivity contribution in [1.29, 1.82) is 0 Å². The molecule has 18 heavy (non-hydrogen) atoms. The van der Waals surface area contributed by atoms with Crippen LogP contribution in [-0.4, -0.2) is 42.5 Å². The number of amides is 1. The van der Waals surface area contributed by atoms with Crippen LogP contribution in [0, 0.1) is 0 Å². The number of nitrogens with one attached hydrogen (secondary N) is 1. The first-order chi connectivity index (χ1) is 8.14. The number of hydrogen-bond acceptors (Lipinski definition) is 4. The van der Waals surface area contributed by atoms with Crippen molar-refractivity contribution in [2.75, 3.05) is 20.1 Å².